The Labute approximate surface area is 137 Å². The van der Waals surface area contributed by atoms with E-state index >= 15 is 0 Å². The van der Waals surface area contributed by atoms with Crippen LogP contribution in [0.4, 0.5) is 10.5 Å². The van der Waals surface area contributed by atoms with E-state index in [0.29, 0.717) is 17.3 Å². The summed E-state index contributed by atoms with van der Waals surface area (Å²) < 4.78 is 2.75. The van der Waals surface area contributed by atoms with E-state index < -0.39 is 0 Å². The molecule has 0 aliphatic carbocycles. The fourth-order valence-electron chi connectivity index (χ4n) is 1.90. The monoisotopic (exact) mass is 370 g/mol. The number of carbonyl (C=O) groups is 1. The van der Waals surface area contributed by atoms with Crippen LogP contribution in [-0.4, -0.2) is 27.8 Å². The molecule has 0 spiro atoms. The molecule has 21 heavy (non-hydrogen) atoms. The summed E-state index contributed by atoms with van der Waals surface area (Å²) in [5.74, 6) is 0. The average molecular weight is 372 g/mol. The van der Waals surface area contributed by atoms with Crippen LogP contribution in [0.25, 0.3) is 0 Å². The van der Waals surface area contributed by atoms with Gasteiger partial charge in [-0.05, 0) is 41.1 Å². The van der Waals surface area contributed by atoms with Gasteiger partial charge < -0.3 is 10.2 Å². The van der Waals surface area contributed by atoms with E-state index in [1.54, 1.807) is 42.4 Å². The van der Waals surface area contributed by atoms with E-state index in [-0.39, 0.29) is 6.03 Å². The Morgan fingerprint density at radius 1 is 1.52 bits per heavy atom. The van der Waals surface area contributed by atoms with Gasteiger partial charge in [-0.1, -0.05) is 17.7 Å². The third kappa shape index (κ3) is 3.98. The van der Waals surface area contributed by atoms with Crippen molar-refractivity contribution in [3.8, 4) is 0 Å². The van der Waals surface area contributed by atoms with Crippen molar-refractivity contribution in [3.63, 3.8) is 0 Å². The summed E-state index contributed by atoms with van der Waals surface area (Å²) in [4.78, 5) is 13.8. The number of halogens is 2. The predicted molar refractivity (Wildman–Crippen MR) is 87.5 cm³/mol. The topological polar surface area (TPSA) is 50.2 Å². The maximum absolute atomic E-state index is 12.2. The SMILES string of the molecule is CCn1ncc(Br)c1CN(C)C(=O)Nc1cccc(Cl)c1. The van der Waals surface area contributed by atoms with Crippen molar-refractivity contribution in [2.75, 3.05) is 12.4 Å². The summed E-state index contributed by atoms with van der Waals surface area (Å²) in [5, 5.41) is 7.63. The van der Waals surface area contributed by atoms with E-state index in [9.17, 15) is 4.79 Å². The molecule has 0 fully saturated rings. The van der Waals surface area contributed by atoms with Crippen LogP contribution in [0.5, 0.6) is 0 Å². The van der Waals surface area contributed by atoms with E-state index in [2.05, 4.69) is 26.3 Å². The van der Waals surface area contributed by atoms with E-state index in [0.717, 1.165) is 16.7 Å². The first-order chi connectivity index (χ1) is 10.0. The van der Waals surface area contributed by atoms with Crippen molar-refractivity contribution in [1.29, 1.82) is 0 Å². The Morgan fingerprint density at radius 2 is 2.29 bits per heavy atom. The van der Waals surface area contributed by atoms with Gasteiger partial charge in [-0.3, -0.25) is 4.68 Å². The molecule has 0 aliphatic heterocycles. The minimum absolute atomic E-state index is 0.201. The lowest BCUT2D eigenvalue weighted by atomic mass is 10.3. The number of aromatic nitrogens is 2. The summed E-state index contributed by atoms with van der Waals surface area (Å²) in [6.45, 7) is 3.22. The molecule has 0 unspecified atom stereocenters. The number of carbonyl (C=O) groups excluding carboxylic acids is 1. The van der Waals surface area contributed by atoms with E-state index in [1.165, 1.54) is 0 Å². The smallest absolute Gasteiger partial charge is 0.321 e. The van der Waals surface area contributed by atoms with Gasteiger partial charge in [0, 0.05) is 24.3 Å². The molecule has 7 heteroatoms. The summed E-state index contributed by atoms with van der Waals surface area (Å²) in [7, 11) is 1.74. The molecule has 0 radical (unpaired) electrons. The lowest BCUT2D eigenvalue weighted by Gasteiger charge is -2.19. The fourth-order valence-corrected chi connectivity index (χ4v) is 2.51. The maximum atomic E-state index is 12.2. The summed E-state index contributed by atoms with van der Waals surface area (Å²) in [6, 6.07) is 6.86. The second kappa shape index (κ2) is 6.95. The minimum Gasteiger partial charge on any atom is -0.322 e. The fraction of sp³-hybridized carbons (Fsp3) is 0.286. The zero-order valence-electron chi connectivity index (χ0n) is 11.8. The molecular weight excluding hydrogens is 356 g/mol. The van der Waals surface area contributed by atoms with Crippen LogP contribution < -0.4 is 5.32 Å². The number of nitrogens with zero attached hydrogens (tertiary/aromatic N) is 3. The number of benzene rings is 1. The van der Waals surface area contributed by atoms with Crippen molar-refractivity contribution in [1.82, 2.24) is 14.7 Å². The highest BCUT2D eigenvalue weighted by Crippen LogP contribution is 2.19. The third-order valence-electron chi connectivity index (χ3n) is 3.01. The van der Waals surface area contributed by atoms with Gasteiger partial charge in [-0.2, -0.15) is 5.10 Å². The van der Waals surface area contributed by atoms with Crippen molar-refractivity contribution in [3.05, 3.63) is 45.7 Å². The number of hydrogen-bond acceptors (Lipinski definition) is 2. The second-order valence-corrected chi connectivity index (χ2v) is 5.84. The van der Waals surface area contributed by atoms with Gasteiger partial charge in [-0.15, -0.1) is 0 Å². The van der Waals surface area contributed by atoms with E-state index in [4.69, 9.17) is 11.6 Å². The van der Waals surface area contributed by atoms with Crippen LogP contribution in [-0.2, 0) is 13.1 Å². The van der Waals surface area contributed by atoms with Crippen LogP contribution >= 0.6 is 27.5 Å². The molecule has 2 amide bonds. The standard InChI is InChI=1S/C14H16BrClN4O/c1-3-20-13(12(15)8-17-20)9-19(2)14(21)18-11-6-4-5-10(16)7-11/h4-8H,3,9H2,1-2H3,(H,18,21). The van der Waals surface area contributed by atoms with Crippen molar-refractivity contribution in [2.45, 2.75) is 20.0 Å². The second-order valence-electron chi connectivity index (χ2n) is 4.55. The molecule has 0 atom stereocenters. The quantitative estimate of drug-likeness (QED) is 0.883. The molecule has 2 rings (SSSR count). The summed E-state index contributed by atoms with van der Waals surface area (Å²) in [5.41, 5.74) is 1.63. The Morgan fingerprint density at radius 3 is 2.95 bits per heavy atom. The van der Waals surface area contributed by atoms with Gasteiger partial charge in [-0.25, -0.2) is 4.79 Å². The first kappa shape index (κ1) is 15.9. The number of rotatable bonds is 4. The normalized spacial score (nSPS) is 10.5. The minimum atomic E-state index is -0.201. The van der Waals surface area contributed by atoms with Gasteiger partial charge in [0.2, 0.25) is 0 Å². The first-order valence-corrected chi connectivity index (χ1v) is 7.66. The van der Waals surface area contributed by atoms with Crippen LogP contribution in [0.2, 0.25) is 5.02 Å². The van der Waals surface area contributed by atoms with Gasteiger partial charge in [0.15, 0.2) is 0 Å². The third-order valence-corrected chi connectivity index (χ3v) is 3.90. The number of anilines is 1. The van der Waals surface area contributed by atoms with Gasteiger partial charge >= 0.3 is 6.03 Å². The van der Waals surface area contributed by atoms with Crippen LogP contribution in [0.3, 0.4) is 0 Å². The van der Waals surface area contributed by atoms with Crippen LogP contribution in [0.15, 0.2) is 34.9 Å². The Bertz CT molecular complexity index is 644. The van der Waals surface area contributed by atoms with Gasteiger partial charge in [0.05, 0.1) is 22.9 Å². The van der Waals surface area contributed by atoms with E-state index in [1.807, 2.05) is 11.6 Å². The number of nitrogens with one attached hydrogen (secondary N) is 1. The molecule has 2 aromatic rings. The Kier molecular flexibility index (Phi) is 5.25. The highest BCUT2D eigenvalue weighted by molar-refractivity contribution is 9.10. The molecular formula is C14H16BrClN4O. The van der Waals surface area contributed by atoms with Gasteiger partial charge in [0.1, 0.15) is 0 Å². The molecule has 1 aromatic heterocycles. The Hall–Kier alpha value is -1.53. The highest BCUT2D eigenvalue weighted by Gasteiger charge is 2.14. The lowest BCUT2D eigenvalue weighted by Crippen LogP contribution is -2.31. The largest absolute Gasteiger partial charge is 0.322 e. The molecule has 112 valence electrons. The molecule has 1 heterocycles. The predicted octanol–water partition coefficient (Wildman–Crippen LogP) is 3.98. The first-order valence-electron chi connectivity index (χ1n) is 6.49. The lowest BCUT2D eigenvalue weighted by molar-refractivity contribution is 0.219. The zero-order valence-corrected chi connectivity index (χ0v) is 14.1. The number of amides is 2. The molecule has 1 aromatic carbocycles. The molecule has 1 N–H and O–H groups in total. The maximum Gasteiger partial charge on any atom is 0.321 e. The molecule has 5 nitrogen and oxygen atoms in total. The van der Waals surface area contributed by atoms with Crippen molar-refractivity contribution < 1.29 is 4.79 Å². The molecule has 0 saturated carbocycles. The van der Waals surface area contributed by atoms with Crippen LogP contribution in [0.1, 0.15) is 12.6 Å². The molecule has 0 bridgehead atoms. The van der Waals surface area contributed by atoms with Crippen LogP contribution in [0, 0.1) is 0 Å². The molecule has 0 aliphatic rings. The zero-order chi connectivity index (χ0) is 15.4. The van der Waals surface area contributed by atoms with Crippen molar-refractivity contribution >= 4 is 39.2 Å². The number of aryl methyl sites for hydroxylation is 1. The average Bonchev–Trinajstić information content (AvgIpc) is 2.79. The molecule has 0 saturated heterocycles. The number of urea groups is 1. The van der Waals surface area contributed by atoms with Crippen molar-refractivity contribution in [2.24, 2.45) is 0 Å². The van der Waals surface area contributed by atoms with Gasteiger partial charge in [0.25, 0.3) is 0 Å². The summed E-state index contributed by atoms with van der Waals surface area (Å²) in [6.07, 6.45) is 1.74. The summed E-state index contributed by atoms with van der Waals surface area (Å²) >= 11 is 9.35. The Balaban J connectivity index is 2.04. The number of hydrogen-bond donors (Lipinski definition) is 1. The highest BCUT2D eigenvalue weighted by atomic mass is 79.9.